The van der Waals surface area contributed by atoms with Gasteiger partial charge in [0.1, 0.15) is 0 Å². The van der Waals surface area contributed by atoms with E-state index in [2.05, 4.69) is 5.32 Å². The van der Waals surface area contributed by atoms with Crippen LogP contribution >= 0.6 is 0 Å². The molecule has 0 spiro atoms. The number of anilines is 2. The van der Waals surface area contributed by atoms with Crippen LogP contribution in [0, 0.1) is 23.7 Å². The first-order chi connectivity index (χ1) is 9.47. The van der Waals surface area contributed by atoms with Crippen molar-refractivity contribution in [3.63, 3.8) is 0 Å². The molecule has 5 heteroatoms. The Morgan fingerprint density at radius 2 is 1.85 bits per heavy atom. The Kier molecular flexibility index (Phi) is 2.44. The molecule has 3 N–H and O–H groups in total. The largest absolute Gasteiger partial charge is 0.396 e. The molecule has 1 aromatic carbocycles. The zero-order valence-corrected chi connectivity index (χ0v) is 12.4. The van der Waals surface area contributed by atoms with Gasteiger partial charge in [-0.2, -0.15) is 0 Å². The van der Waals surface area contributed by atoms with Gasteiger partial charge in [0.05, 0.1) is 16.3 Å². The predicted molar refractivity (Wildman–Crippen MR) is 79.2 cm³/mol. The monoisotopic (exact) mass is 292 g/mol. The second-order valence-corrected chi connectivity index (χ2v) is 8.63. The first-order valence-corrected chi connectivity index (χ1v) is 9.21. The minimum absolute atomic E-state index is 0.233. The van der Waals surface area contributed by atoms with Crippen LogP contribution in [0.5, 0.6) is 0 Å². The summed E-state index contributed by atoms with van der Waals surface area (Å²) in [6.07, 6.45) is 5.37. The van der Waals surface area contributed by atoms with Gasteiger partial charge in [0.15, 0.2) is 9.84 Å². The van der Waals surface area contributed by atoms with E-state index < -0.39 is 9.84 Å². The van der Waals surface area contributed by atoms with E-state index in [1.165, 1.54) is 25.5 Å². The molecule has 0 amide bonds. The van der Waals surface area contributed by atoms with Crippen LogP contribution in [-0.4, -0.2) is 20.7 Å². The number of nitrogens with two attached hydrogens (primary N) is 1. The Morgan fingerprint density at radius 1 is 1.20 bits per heavy atom. The minimum Gasteiger partial charge on any atom is -0.396 e. The third-order valence-corrected chi connectivity index (χ3v) is 6.68. The molecule has 4 nitrogen and oxygen atoms in total. The lowest BCUT2D eigenvalue weighted by atomic mass is 10.0. The maximum absolute atomic E-state index is 11.7. The van der Waals surface area contributed by atoms with Crippen molar-refractivity contribution in [3.8, 4) is 0 Å². The van der Waals surface area contributed by atoms with Crippen molar-refractivity contribution in [3.05, 3.63) is 18.2 Å². The Labute approximate surface area is 119 Å². The zero-order chi connectivity index (χ0) is 14.1. The maximum atomic E-state index is 11.7. The Hall–Kier alpha value is -1.23. The van der Waals surface area contributed by atoms with Crippen LogP contribution in [-0.2, 0) is 9.84 Å². The smallest absolute Gasteiger partial charge is 0.177 e. The number of hydrogen-bond acceptors (Lipinski definition) is 4. The predicted octanol–water partition coefficient (Wildman–Crippen LogP) is 2.13. The second kappa shape index (κ2) is 3.91. The van der Waals surface area contributed by atoms with E-state index in [4.69, 9.17) is 5.73 Å². The zero-order valence-electron chi connectivity index (χ0n) is 11.5. The molecule has 0 saturated heterocycles. The van der Waals surface area contributed by atoms with Crippen LogP contribution in [0.15, 0.2) is 23.1 Å². The number of nitrogen functional groups attached to an aromatic ring is 1. The fourth-order valence-corrected chi connectivity index (χ4v) is 5.53. The van der Waals surface area contributed by atoms with Gasteiger partial charge in [-0.25, -0.2) is 8.42 Å². The van der Waals surface area contributed by atoms with Crippen molar-refractivity contribution in [2.24, 2.45) is 23.7 Å². The molecule has 0 heterocycles. The van der Waals surface area contributed by atoms with E-state index in [0.29, 0.717) is 11.7 Å². The number of sulfone groups is 1. The Morgan fingerprint density at radius 3 is 2.45 bits per heavy atom. The van der Waals surface area contributed by atoms with E-state index in [-0.39, 0.29) is 4.90 Å². The van der Waals surface area contributed by atoms with Crippen molar-refractivity contribution in [2.75, 3.05) is 17.3 Å². The molecule has 20 heavy (non-hydrogen) atoms. The highest BCUT2D eigenvalue weighted by Crippen LogP contribution is 2.66. The summed E-state index contributed by atoms with van der Waals surface area (Å²) in [6, 6.07) is 5.74. The number of nitrogens with one attached hydrogen (secondary N) is 1. The van der Waals surface area contributed by atoms with Gasteiger partial charge in [-0.15, -0.1) is 0 Å². The molecule has 1 aromatic rings. The summed E-state index contributed by atoms with van der Waals surface area (Å²) in [4.78, 5) is 0.233. The Balaban J connectivity index is 1.59. The van der Waals surface area contributed by atoms with E-state index >= 15 is 0 Å². The topological polar surface area (TPSA) is 72.2 Å². The van der Waals surface area contributed by atoms with Gasteiger partial charge in [-0.3, -0.25) is 0 Å². The first-order valence-electron chi connectivity index (χ1n) is 7.32. The fourth-order valence-electron chi connectivity index (χ4n) is 4.69. The maximum Gasteiger partial charge on any atom is 0.177 e. The van der Waals surface area contributed by atoms with Crippen LogP contribution in [0.3, 0.4) is 0 Å². The summed E-state index contributed by atoms with van der Waals surface area (Å²) in [5, 5.41) is 3.51. The lowest BCUT2D eigenvalue weighted by molar-refractivity contribution is 0.456. The summed E-state index contributed by atoms with van der Waals surface area (Å²) in [7, 11) is -3.26. The molecular formula is C15H20N2O2S. The summed E-state index contributed by atoms with van der Waals surface area (Å²) < 4.78 is 23.4. The number of para-hydroxylation sites is 1. The highest BCUT2D eigenvalue weighted by Gasteiger charge is 2.65. The number of hydrogen-bond donors (Lipinski definition) is 2. The summed E-state index contributed by atoms with van der Waals surface area (Å²) >= 11 is 0. The van der Waals surface area contributed by atoms with Crippen molar-refractivity contribution in [2.45, 2.75) is 30.2 Å². The van der Waals surface area contributed by atoms with Gasteiger partial charge in [0, 0.05) is 12.3 Å². The molecule has 3 aliphatic carbocycles. The summed E-state index contributed by atoms with van der Waals surface area (Å²) in [5.74, 6) is 3.38. The standard InChI is InChI=1S/C15H20N2O2S/c1-20(18,19)11-4-2-3-10(14(11)16)17-15-12-8-5-6-9(7-8)13(12)15/h2-4,8-9,12-13,15,17H,5-7,16H2,1H3. The third-order valence-electron chi connectivity index (χ3n) is 5.52. The highest BCUT2D eigenvalue weighted by molar-refractivity contribution is 7.90. The first kappa shape index (κ1) is 12.5. The lowest BCUT2D eigenvalue weighted by Crippen LogP contribution is -2.15. The van der Waals surface area contributed by atoms with E-state index in [1.54, 1.807) is 12.1 Å². The number of fused-ring (bicyclic) bond motifs is 5. The number of rotatable bonds is 3. The van der Waals surface area contributed by atoms with Crippen molar-refractivity contribution < 1.29 is 8.42 Å². The van der Waals surface area contributed by atoms with Gasteiger partial charge >= 0.3 is 0 Å². The lowest BCUT2D eigenvalue weighted by Gasteiger charge is -2.15. The molecule has 3 fully saturated rings. The van der Waals surface area contributed by atoms with Crippen LogP contribution in [0.1, 0.15) is 19.3 Å². The Bertz CT molecular complexity index is 654. The number of benzene rings is 1. The average molecular weight is 292 g/mol. The van der Waals surface area contributed by atoms with E-state index in [1.807, 2.05) is 6.07 Å². The van der Waals surface area contributed by atoms with E-state index in [0.717, 1.165) is 29.4 Å². The van der Waals surface area contributed by atoms with Gasteiger partial charge in [-0.1, -0.05) is 6.07 Å². The molecule has 3 aliphatic rings. The molecule has 0 radical (unpaired) electrons. The van der Waals surface area contributed by atoms with Crippen LogP contribution in [0.4, 0.5) is 11.4 Å². The van der Waals surface area contributed by atoms with Gasteiger partial charge in [0.25, 0.3) is 0 Å². The van der Waals surface area contributed by atoms with Gasteiger partial charge < -0.3 is 11.1 Å². The molecule has 0 aromatic heterocycles. The second-order valence-electron chi connectivity index (χ2n) is 6.65. The van der Waals surface area contributed by atoms with Gasteiger partial charge in [0.2, 0.25) is 0 Å². The van der Waals surface area contributed by atoms with Crippen molar-refractivity contribution >= 4 is 21.2 Å². The fraction of sp³-hybridized carbons (Fsp3) is 0.600. The molecule has 4 atom stereocenters. The molecular weight excluding hydrogens is 272 g/mol. The SMILES string of the molecule is CS(=O)(=O)c1cccc(NC2C3C4CCC(C4)C23)c1N. The molecule has 108 valence electrons. The molecule has 0 aliphatic heterocycles. The third kappa shape index (κ3) is 1.68. The summed E-state index contributed by atoms with van der Waals surface area (Å²) in [6.45, 7) is 0. The quantitative estimate of drug-likeness (QED) is 0.837. The van der Waals surface area contributed by atoms with Crippen LogP contribution in [0.2, 0.25) is 0 Å². The molecule has 3 saturated carbocycles. The van der Waals surface area contributed by atoms with Crippen LogP contribution in [0.25, 0.3) is 0 Å². The highest BCUT2D eigenvalue weighted by atomic mass is 32.2. The average Bonchev–Trinajstić information content (AvgIpc) is 2.78. The van der Waals surface area contributed by atoms with Gasteiger partial charge in [-0.05, 0) is 55.1 Å². The molecule has 4 unspecified atom stereocenters. The van der Waals surface area contributed by atoms with Crippen molar-refractivity contribution in [1.82, 2.24) is 0 Å². The van der Waals surface area contributed by atoms with Crippen LogP contribution < -0.4 is 11.1 Å². The molecule has 4 rings (SSSR count). The normalized spacial score (nSPS) is 37.8. The molecule has 2 bridgehead atoms. The van der Waals surface area contributed by atoms with E-state index in [9.17, 15) is 8.42 Å². The summed E-state index contributed by atoms with van der Waals surface area (Å²) in [5.41, 5.74) is 7.19. The van der Waals surface area contributed by atoms with Crippen molar-refractivity contribution in [1.29, 1.82) is 0 Å². The minimum atomic E-state index is -3.26.